The molecule has 1 aromatic heterocycles. The second kappa shape index (κ2) is 12.7. The molecule has 1 aromatic rings. The molecule has 0 bridgehead atoms. The van der Waals surface area contributed by atoms with Crippen LogP contribution in [-0.2, 0) is 15.9 Å². The number of amides is 2. The number of ether oxygens (including phenoxy) is 2. The van der Waals surface area contributed by atoms with Gasteiger partial charge in [-0.1, -0.05) is 10.3 Å². The highest BCUT2D eigenvalue weighted by Crippen LogP contribution is 2.28. The van der Waals surface area contributed by atoms with Crippen molar-refractivity contribution in [3.63, 3.8) is 0 Å². The molecule has 0 aromatic carbocycles. The van der Waals surface area contributed by atoms with Gasteiger partial charge in [0.2, 0.25) is 5.89 Å². The lowest BCUT2D eigenvalue weighted by Crippen LogP contribution is -2.38. The molecular formula is C26H46N6O6. The Morgan fingerprint density at radius 3 is 1.89 bits per heavy atom. The van der Waals surface area contributed by atoms with Gasteiger partial charge >= 0.3 is 12.2 Å². The summed E-state index contributed by atoms with van der Waals surface area (Å²) in [5.41, 5.74) is 4.54. The van der Waals surface area contributed by atoms with E-state index >= 15 is 0 Å². The molecule has 0 radical (unpaired) electrons. The topological polar surface area (TPSA) is 157 Å². The van der Waals surface area contributed by atoms with Crippen LogP contribution in [0.4, 0.5) is 9.59 Å². The van der Waals surface area contributed by atoms with E-state index < -0.39 is 11.2 Å². The lowest BCUT2D eigenvalue weighted by molar-refractivity contribution is 0.0222. The van der Waals surface area contributed by atoms with E-state index in [1.165, 1.54) is 0 Å². The van der Waals surface area contributed by atoms with Crippen molar-refractivity contribution in [1.29, 1.82) is 0 Å². The van der Waals surface area contributed by atoms with Crippen LogP contribution in [0.25, 0.3) is 0 Å². The Balaban J connectivity index is 0.000000269. The molecule has 2 saturated heterocycles. The van der Waals surface area contributed by atoms with E-state index in [9.17, 15) is 9.59 Å². The molecule has 0 spiro atoms. The number of carbonyl (C=O) groups excluding carboxylic acids is 2. The maximum absolute atomic E-state index is 12.1. The van der Waals surface area contributed by atoms with Crippen LogP contribution in [0, 0.1) is 18.8 Å². The smallest absolute Gasteiger partial charge is 0.410 e. The van der Waals surface area contributed by atoms with Gasteiger partial charge in [0.25, 0.3) is 0 Å². The molecule has 2 aliphatic rings. The molecule has 2 fully saturated rings. The van der Waals surface area contributed by atoms with Gasteiger partial charge in [0.15, 0.2) is 5.82 Å². The highest BCUT2D eigenvalue weighted by molar-refractivity contribution is 5.80. The number of nitrogens with two attached hydrogens (primary N) is 1. The number of hydrogen-bond donors (Lipinski definition) is 2. The van der Waals surface area contributed by atoms with Gasteiger partial charge in [-0.3, -0.25) is 0 Å². The largest absolute Gasteiger partial charge is 0.444 e. The zero-order chi connectivity index (χ0) is 28.8. The van der Waals surface area contributed by atoms with Crippen molar-refractivity contribution in [3.05, 3.63) is 11.7 Å². The van der Waals surface area contributed by atoms with E-state index in [-0.39, 0.29) is 36.0 Å². The van der Waals surface area contributed by atoms with Crippen LogP contribution in [0.1, 0.15) is 86.4 Å². The highest BCUT2D eigenvalue weighted by atomic mass is 16.6. The zero-order valence-electron chi connectivity index (χ0n) is 24.4. The van der Waals surface area contributed by atoms with Crippen LogP contribution < -0.4 is 5.73 Å². The van der Waals surface area contributed by atoms with Gasteiger partial charge in [-0.05, 0) is 80.1 Å². The average molecular weight is 539 g/mol. The summed E-state index contributed by atoms with van der Waals surface area (Å²) in [4.78, 5) is 31.8. The molecule has 4 atom stereocenters. The number of oxime groups is 1. The minimum absolute atomic E-state index is 0.122. The first-order chi connectivity index (χ1) is 17.5. The molecule has 0 aliphatic carbocycles. The van der Waals surface area contributed by atoms with Crippen LogP contribution in [0.2, 0.25) is 0 Å². The molecule has 2 aliphatic heterocycles. The number of likely N-dealkylation sites (tertiary alicyclic amines) is 2. The zero-order valence-corrected chi connectivity index (χ0v) is 24.4. The quantitative estimate of drug-likeness (QED) is 0.246. The number of hydrogen-bond acceptors (Lipinski definition) is 9. The fraction of sp³-hybridized carbons (Fsp3) is 0.808. The van der Waals surface area contributed by atoms with E-state index in [2.05, 4.69) is 15.3 Å². The monoisotopic (exact) mass is 538 g/mol. The molecule has 12 heteroatoms. The predicted molar refractivity (Wildman–Crippen MR) is 142 cm³/mol. The molecule has 2 unspecified atom stereocenters. The number of aromatic nitrogens is 2. The summed E-state index contributed by atoms with van der Waals surface area (Å²) in [6, 6.07) is 0.305. The third kappa shape index (κ3) is 10.0. The number of amidine groups is 1. The molecule has 3 heterocycles. The van der Waals surface area contributed by atoms with Gasteiger partial charge < -0.3 is 34.7 Å². The summed E-state index contributed by atoms with van der Waals surface area (Å²) >= 11 is 0. The molecule has 12 nitrogen and oxygen atoms in total. The van der Waals surface area contributed by atoms with E-state index in [0.717, 1.165) is 19.3 Å². The van der Waals surface area contributed by atoms with Crippen molar-refractivity contribution < 1.29 is 28.8 Å². The first-order valence-electron chi connectivity index (χ1n) is 13.2. The maximum Gasteiger partial charge on any atom is 0.410 e. The van der Waals surface area contributed by atoms with Crippen molar-refractivity contribution >= 4 is 18.0 Å². The summed E-state index contributed by atoms with van der Waals surface area (Å²) in [6.07, 6.45) is 2.48. The Hall–Kier alpha value is -3.05. The van der Waals surface area contributed by atoms with Crippen molar-refractivity contribution in [3.8, 4) is 0 Å². The third-order valence-electron chi connectivity index (χ3n) is 6.25. The number of rotatable bonds is 4. The van der Waals surface area contributed by atoms with E-state index in [0.29, 0.717) is 37.1 Å². The summed E-state index contributed by atoms with van der Waals surface area (Å²) in [6.45, 7) is 18.3. The van der Waals surface area contributed by atoms with Crippen LogP contribution in [0.5, 0.6) is 0 Å². The maximum atomic E-state index is 12.1. The van der Waals surface area contributed by atoms with E-state index in [1.54, 1.807) is 16.7 Å². The summed E-state index contributed by atoms with van der Waals surface area (Å²) in [5, 5.41) is 15.4. The highest BCUT2D eigenvalue weighted by Gasteiger charge is 2.36. The second-order valence-electron chi connectivity index (χ2n) is 12.4. The van der Waals surface area contributed by atoms with Gasteiger partial charge in [0, 0.05) is 44.9 Å². The van der Waals surface area contributed by atoms with Gasteiger partial charge in [-0.15, -0.1) is 0 Å². The van der Waals surface area contributed by atoms with Crippen LogP contribution in [-0.4, -0.2) is 79.5 Å². The SMILES string of the molecule is C[C@H]1CC(C/C(N)=N/O)CN1C(=O)OC(C)(C)C.Cc1nc(CC2C[C@H](C)N(C(=O)OC(C)(C)C)C2)no1. The lowest BCUT2D eigenvalue weighted by atomic mass is 10.0. The Bertz CT molecular complexity index is 966. The summed E-state index contributed by atoms with van der Waals surface area (Å²) in [7, 11) is 0. The van der Waals surface area contributed by atoms with Gasteiger partial charge in [0.1, 0.15) is 17.0 Å². The molecule has 0 saturated carbocycles. The Morgan fingerprint density at radius 1 is 1.00 bits per heavy atom. The Kier molecular flexibility index (Phi) is 10.4. The molecule has 38 heavy (non-hydrogen) atoms. The van der Waals surface area contributed by atoms with Gasteiger partial charge in [-0.25, -0.2) is 9.59 Å². The molecule has 3 N–H and O–H groups in total. The van der Waals surface area contributed by atoms with Gasteiger partial charge in [-0.2, -0.15) is 4.98 Å². The van der Waals surface area contributed by atoms with Crippen LogP contribution >= 0.6 is 0 Å². The number of aryl methyl sites for hydroxylation is 1. The third-order valence-corrected chi connectivity index (χ3v) is 6.25. The first-order valence-corrected chi connectivity index (χ1v) is 13.2. The lowest BCUT2D eigenvalue weighted by Gasteiger charge is -2.27. The summed E-state index contributed by atoms with van der Waals surface area (Å²) in [5.74, 6) is 2.08. The van der Waals surface area contributed by atoms with Crippen molar-refractivity contribution in [1.82, 2.24) is 19.9 Å². The molecule has 216 valence electrons. The number of nitrogens with zero attached hydrogens (tertiary/aromatic N) is 5. The fourth-order valence-corrected chi connectivity index (χ4v) is 4.75. The standard InChI is InChI=1S/C14H23N3O3.C12H23N3O3/c1-9-6-11(7-12-15-10(2)20-16-12)8-17(9)13(18)19-14(3,4)5;1-8-5-9(6-10(13)14-17)7-15(8)11(16)18-12(2,3)4/h9,11H,6-8H2,1-5H3;8-9,17H,5-7H2,1-4H3,(H2,13,14)/t9-,11?;8-,9?/m00/s1. The molecule has 3 rings (SSSR count). The normalized spacial score (nSPS) is 24.2. The molecule has 2 amide bonds. The second-order valence-corrected chi connectivity index (χ2v) is 12.4. The molecular weight excluding hydrogens is 492 g/mol. The summed E-state index contributed by atoms with van der Waals surface area (Å²) < 4.78 is 15.8. The number of carbonyl (C=O) groups is 2. The van der Waals surface area contributed by atoms with Crippen LogP contribution in [0.3, 0.4) is 0 Å². The predicted octanol–water partition coefficient (Wildman–Crippen LogP) is 4.33. The van der Waals surface area contributed by atoms with E-state index in [1.807, 2.05) is 55.4 Å². The average Bonchev–Trinajstić information content (AvgIpc) is 3.44. The van der Waals surface area contributed by atoms with Crippen molar-refractivity contribution in [2.75, 3.05) is 13.1 Å². The minimum Gasteiger partial charge on any atom is -0.444 e. The van der Waals surface area contributed by atoms with E-state index in [4.69, 9.17) is 24.9 Å². The Morgan fingerprint density at radius 2 is 1.47 bits per heavy atom. The first kappa shape index (κ1) is 31.2. The Labute approximate surface area is 225 Å². The van der Waals surface area contributed by atoms with Crippen LogP contribution in [0.15, 0.2) is 9.68 Å². The van der Waals surface area contributed by atoms with Gasteiger partial charge in [0.05, 0.1) is 0 Å². The minimum atomic E-state index is -0.486. The fourth-order valence-electron chi connectivity index (χ4n) is 4.75. The van der Waals surface area contributed by atoms with Crippen molar-refractivity contribution in [2.24, 2.45) is 22.7 Å². The van der Waals surface area contributed by atoms with Crippen molar-refractivity contribution in [2.45, 2.75) is 111 Å².